The van der Waals surface area contributed by atoms with Crippen LogP contribution in [-0.4, -0.2) is 23.4 Å². The van der Waals surface area contributed by atoms with Gasteiger partial charge in [-0.1, -0.05) is 28.1 Å². The number of allylic oxidation sites excluding steroid dienone is 1. The number of hydrogen-bond acceptors (Lipinski definition) is 4. The smallest absolute Gasteiger partial charge is 0.341 e. The van der Waals surface area contributed by atoms with Gasteiger partial charge in [-0.3, -0.25) is 0 Å². The van der Waals surface area contributed by atoms with Gasteiger partial charge in [0, 0.05) is 11.5 Å². The molecule has 0 unspecified atom stereocenters. The number of rotatable bonds is 4. The fourth-order valence-corrected chi connectivity index (χ4v) is 1.40. The van der Waals surface area contributed by atoms with Gasteiger partial charge in [0.2, 0.25) is 0 Å². The highest BCUT2D eigenvalue weighted by Crippen LogP contribution is 2.13. The number of esters is 1. The number of hydrogen-bond donors (Lipinski definition) is 1. The zero-order chi connectivity index (χ0) is 12.0. The van der Waals surface area contributed by atoms with Crippen molar-refractivity contribution in [2.45, 2.75) is 6.42 Å². The van der Waals surface area contributed by atoms with E-state index >= 15 is 0 Å². The number of aromatic nitrogens is 1. The minimum Gasteiger partial charge on any atom is -0.465 e. The molecule has 0 aliphatic heterocycles. The van der Waals surface area contributed by atoms with Crippen molar-refractivity contribution < 1.29 is 9.53 Å². The van der Waals surface area contributed by atoms with Crippen LogP contribution >= 0.6 is 15.9 Å². The SMILES string of the molecule is COC(=O)c1cc(C=CCCBr)cnc1N. The number of pyridine rings is 1. The first-order valence-electron chi connectivity index (χ1n) is 4.75. The number of ether oxygens (including phenoxy) is 1. The number of carbonyl (C=O) groups is 1. The number of methoxy groups -OCH3 is 1. The molecule has 1 aromatic rings. The topological polar surface area (TPSA) is 65.2 Å². The van der Waals surface area contributed by atoms with Crippen molar-refractivity contribution >= 4 is 33.8 Å². The molecule has 0 amide bonds. The molecule has 2 N–H and O–H groups in total. The second-order valence-corrected chi connectivity index (χ2v) is 3.87. The van der Waals surface area contributed by atoms with E-state index in [1.807, 2.05) is 12.2 Å². The van der Waals surface area contributed by atoms with E-state index < -0.39 is 5.97 Å². The largest absolute Gasteiger partial charge is 0.465 e. The Balaban J connectivity index is 2.93. The number of carbonyl (C=O) groups excluding carboxylic acids is 1. The summed E-state index contributed by atoms with van der Waals surface area (Å²) >= 11 is 3.32. The molecule has 0 aliphatic carbocycles. The van der Waals surface area contributed by atoms with Gasteiger partial charge in [-0.05, 0) is 18.1 Å². The number of nitrogen functional groups attached to an aromatic ring is 1. The Morgan fingerprint density at radius 2 is 2.44 bits per heavy atom. The maximum atomic E-state index is 11.3. The molecule has 1 heterocycles. The molecule has 0 aromatic carbocycles. The minimum absolute atomic E-state index is 0.185. The molecule has 0 radical (unpaired) electrons. The lowest BCUT2D eigenvalue weighted by Gasteiger charge is -2.03. The van der Waals surface area contributed by atoms with Gasteiger partial charge in [-0.15, -0.1) is 0 Å². The highest BCUT2D eigenvalue weighted by atomic mass is 79.9. The van der Waals surface area contributed by atoms with E-state index in [0.717, 1.165) is 17.3 Å². The number of nitrogens with two attached hydrogens (primary N) is 1. The Kier molecular flexibility index (Phi) is 4.98. The van der Waals surface area contributed by atoms with Crippen LogP contribution in [0.15, 0.2) is 18.3 Å². The van der Waals surface area contributed by atoms with Crippen LogP contribution in [0.3, 0.4) is 0 Å². The maximum absolute atomic E-state index is 11.3. The zero-order valence-corrected chi connectivity index (χ0v) is 10.5. The summed E-state index contributed by atoms with van der Waals surface area (Å²) in [5, 5.41) is 0.899. The molecule has 0 bridgehead atoms. The fraction of sp³-hybridized carbons (Fsp3) is 0.273. The van der Waals surface area contributed by atoms with E-state index in [1.54, 1.807) is 12.3 Å². The van der Waals surface area contributed by atoms with Crippen LogP contribution in [0, 0.1) is 0 Å². The van der Waals surface area contributed by atoms with E-state index in [1.165, 1.54) is 7.11 Å². The summed E-state index contributed by atoms with van der Waals surface area (Å²) in [7, 11) is 1.31. The van der Waals surface area contributed by atoms with E-state index in [0.29, 0.717) is 5.56 Å². The number of nitrogens with zero attached hydrogens (tertiary/aromatic N) is 1. The third-order valence-electron chi connectivity index (χ3n) is 1.93. The van der Waals surface area contributed by atoms with E-state index in [-0.39, 0.29) is 5.82 Å². The third kappa shape index (κ3) is 3.34. The average molecular weight is 285 g/mol. The van der Waals surface area contributed by atoms with E-state index in [9.17, 15) is 4.79 Å². The normalized spacial score (nSPS) is 10.6. The first kappa shape index (κ1) is 12.7. The lowest BCUT2D eigenvalue weighted by atomic mass is 10.1. The molecule has 0 saturated heterocycles. The van der Waals surface area contributed by atoms with Crippen LogP contribution in [0.2, 0.25) is 0 Å². The number of anilines is 1. The van der Waals surface area contributed by atoms with Gasteiger partial charge in [-0.2, -0.15) is 0 Å². The van der Waals surface area contributed by atoms with Crippen LogP contribution < -0.4 is 5.73 Å². The van der Waals surface area contributed by atoms with Gasteiger partial charge in [0.15, 0.2) is 0 Å². The summed E-state index contributed by atoms with van der Waals surface area (Å²) in [6.45, 7) is 0. The number of halogens is 1. The molecule has 4 nitrogen and oxygen atoms in total. The van der Waals surface area contributed by atoms with Crippen molar-refractivity contribution in [2.75, 3.05) is 18.2 Å². The lowest BCUT2D eigenvalue weighted by Crippen LogP contribution is -2.07. The van der Waals surface area contributed by atoms with Gasteiger partial charge in [0.05, 0.1) is 7.11 Å². The van der Waals surface area contributed by atoms with Crippen molar-refractivity contribution in [3.63, 3.8) is 0 Å². The molecule has 86 valence electrons. The molecule has 0 fully saturated rings. The second kappa shape index (κ2) is 6.27. The standard InChI is InChI=1S/C11H13BrN2O2/c1-16-11(15)9-6-8(4-2-3-5-12)7-14-10(9)13/h2,4,6-7H,3,5H2,1H3,(H2,13,14). The maximum Gasteiger partial charge on any atom is 0.341 e. The van der Waals surface area contributed by atoms with Crippen molar-refractivity contribution in [2.24, 2.45) is 0 Å². The van der Waals surface area contributed by atoms with Crippen molar-refractivity contribution in [1.82, 2.24) is 4.98 Å². The van der Waals surface area contributed by atoms with Gasteiger partial charge < -0.3 is 10.5 Å². The van der Waals surface area contributed by atoms with E-state index in [4.69, 9.17) is 5.73 Å². The summed E-state index contributed by atoms with van der Waals surface area (Å²) in [5.41, 5.74) is 6.70. The summed E-state index contributed by atoms with van der Waals surface area (Å²) in [6.07, 6.45) is 6.41. The Morgan fingerprint density at radius 1 is 1.69 bits per heavy atom. The van der Waals surface area contributed by atoms with Gasteiger partial charge in [0.1, 0.15) is 11.4 Å². The fourth-order valence-electron chi connectivity index (χ4n) is 1.14. The summed E-state index contributed by atoms with van der Waals surface area (Å²) in [4.78, 5) is 15.3. The van der Waals surface area contributed by atoms with Crippen LogP contribution in [0.4, 0.5) is 5.82 Å². The molecule has 16 heavy (non-hydrogen) atoms. The van der Waals surface area contributed by atoms with Crippen molar-refractivity contribution in [1.29, 1.82) is 0 Å². The summed E-state index contributed by atoms with van der Waals surface area (Å²) in [5.74, 6) is -0.287. The molecule has 0 saturated carbocycles. The molecule has 5 heteroatoms. The average Bonchev–Trinajstić information content (AvgIpc) is 2.30. The quantitative estimate of drug-likeness (QED) is 0.680. The predicted molar refractivity (Wildman–Crippen MR) is 67.4 cm³/mol. The highest BCUT2D eigenvalue weighted by molar-refractivity contribution is 9.09. The Bertz CT molecular complexity index is 405. The summed E-state index contributed by atoms with van der Waals surface area (Å²) in [6, 6.07) is 1.67. The van der Waals surface area contributed by atoms with Gasteiger partial charge in [0.25, 0.3) is 0 Å². The molecule has 1 rings (SSSR count). The van der Waals surface area contributed by atoms with Crippen LogP contribution in [-0.2, 0) is 4.74 Å². The summed E-state index contributed by atoms with van der Waals surface area (Å²) < 4.78 is 4.61. The Labute approximate surface area is 103 Å². The highest BCUT2D eigenvalue weighted by Gasteiger charge is 2.10. The third-order valence-corrected chi connectivity index (χ3v) is 2.39. The second-order valence-electron chi connectivity index (χ2n) is 3.07. The van der Waals surface area contributed by atoms with Crippen LogP contribution in [0.5, 0.6) is 0 Å². The minimum atomic E-state index is -0.472. The van der Waals surface area contributed by atoms with E-state index in [2.05, 4.69) is 25.7 Å². The monoisotopic (exact) mass is 284 g/mol. The molecule has 0 spiro atoms. The van der Waals surface area contributed by atoms with Crippen LogP contribution in [0.25, 0.3) is 6.08 Å². The number of alkyl halides is 1. The first-order valence-corrected chi connectivity index (χ1v) is 5.87. The lowest BCUT2D eigenvalue weighted by molar-refractivity contribution is 0.0601. The van der Waals surface area contributed by atoms with Crippen LogP contribution in [0.1, 0.15) is 22.3 Å². The van der Waals surface area contributed by atoms with Crippen molar-refractivity contribution in [3.8, 4) is 0 Å². The predicted octanol–water partition coefficient (Wildman–Crippen LogP) is 2.25. The molecule has 0 atom stereocenters. The molecular weight excluding hydrogens is 272 g/mol. The molecule has 1 aromatic heterocycles. The first-order chi connectivity index (χ1) is 7.69. The molecular formula is C11H13BrN2O2. The van der Waals surface area contributed by atoms with Gasteiger partial charge >= 0.3 is 5.97 Å². The van der Waals surface area contributed by atoms with Gasteiger partial charge in [-0.25, -0.2) is 9.78 Å². The Morgan fingerprint density at radius 3 is 3.06 bits per heavy atom. The molecule has 0 aliphatic rings. The Hall–Kier alpha value is -1.36. The zero-order valence-electron chi connectivity index (χ0n) is 8.94. The van der Waals surface area contributed by atoms with Crippen molar-refractivity contribution in [3.05, 3.63) is 29.5 Å².